The highest BCUT2D eigenvalue weighted by Gasteiger charge is 2.34. The number of amides is 1. The number of nitrogens with one attached hydrogen (secondary N) is 1. The molecule has 0 unspecified atom stereocenters. The second kappa shape index (κ2) is 6.56. The molecule has 1 aromatic carbocycles. The maximum atomic E-state index is 12.6. The molecule has 1 aromatic rings. The van der Waals surface area contributed by atoms with Crippen LogP contribution in [-0.4, -0.2) is 68.3 Å². The van der Waals surface area contributed by atoms with Gasteiger partial charge in [0, 0.05) is 38.8 Å². The number of sulfonamides is 1. The summed E-state index contributed by atoms with van der Waals surface area (Å²) in [5.74, 6) is 0.0229. The fourth-order valence-electron chi connectivity index (χ4n) is 3.06. The Morgan fingerprint density at radius 1 is 1.13 bits per heavy atom. The van der Waals surface area contributed by atoms with Crippen molar-refractivity contribution in [3.8, 4) is 0 Å². The zero-order valence-electron chi connectivity index (χ0n) is 12.9. The third kappa shape index (κ3) is 3.40. The predicted octanol–water partition coefficient (Wildman–Crippen LogP) is -0.791. The number of nitrogens with zero attached hydrogens (tertiary/aromatic N) is 2. The smallest absolute Gasteiger partial charge is 0.243 e. The van der Waals surface area contributed by atoms with Gasteiger partial charge in [-0.1, -0.05) is 18.2 Å². The van der Waals surface area contributed by atoms with Crippen molar-refractivity contribution in [3.05, 3.63) is 30.3 Å². The number of nitrogens with two attached hydrogens (primary N) is 1. The molecule has 3 N–H and O–H groups in total. The number of benzene rings is 1. The van der Waals surface area contributed by atoms with Gasteiger partial charge in [0.05, 0.1) is 10.9 Å². The van der Waals surface area contributed by atoms with Crippen LogP contribution in [0.4, 0.5) is 0 Å². The van der Waals surface area contributed by atoms with Crippen LogP contribution in [0, 0.1) is 0 Å². The van der Waals surface area contributed by atoms with Crippen LogP contribution in [0.15, 0.2) is 35.2 Å². The predicted molar refractivity (Wildman–Crippen MR) is 86.2 cm³/mol. The largest absolute Gasteiger partial charge is 0.339 e. The Labute approximate surface area is 136 Å². The van der Waals surface area contributed by atoms with E-state index in [1.54, 1.807) is 35.2 Å². The van der Waals surface area contributed by atoms with Gasteiger partial charge in [0.2, 0.25) is 15.9 Å². The summed E-state index contributed by atoms with van der Waals surface area (Å²) >= 11 is 0. The van der Waals surface area contributed by atoms with Crippen LogP contribution >= 0.6 is 0 Å². The summed E-state index contributed by atoms with van der Waals surface area (Å²) < 4.78 is 26.6. The molecule has 0 aromatic heterocycles. The first kappa shape index (κ1) is 16.4. The van der Waals surface area contributed by atoms with E-state index in [1.165, 1.54) is 4.31 Å². The van der Waals surface area contributed by atoms with Crippen LogP contribution < -0.4 is 11.1 Å². The molecule has 2 saturated heterocycles. The first-order chi connectivity index (χ1) is 11.0. The molecule has 3 rings (SSSR count). The number of rotatable bonds is 3. The first-order valence-corrected chi connectivity index (χ1v) is 9.25. The van der Waals surface area contributed by atoms with Gasteiger partial charge in [0.15, 0.2) is 0 Å². The summed E-state index contributed by atoms with van der Waals surface area (Å²) in [6.45, 7) is 2.12. The van der Waals surface area contributed by atoms with E-state index >= 15 is 0 Å². The lowest BCUT2D eigenvalue weighted by atomic mass is 10.1. The van der Waals surface area contributed by atoms with Crippen molar-refractivity contribution in [2.45, 2.75) is 23.4 Å². The molecular formula is C15H22N4O3S. The lowest BCUT2D eigenvalue weighted by Crippen LogP contribution is -2.54. The van der Waals surface area contributed by atoms with Gasteiger partial charge >= 0.3 is 0 Å². The topological polar surface area (TPSA) is 95.7 Å². The van der Waals surface area contributed by atoms with Crippen molar-refractivity contribution in [3.63, 3.8) is 0 Å². The van der Waals surface area contributed by atoms with Gasteiger partial charge in [-0.15, -0.1) is 0 Å². The zero-order valence-corrected chi connectivity index (χ0v) is 13.7. The molecule has 2 fully saturated rings. The number of piperazine rings is 1. The van der Waals surface area contributed by atoms with Crippen LogP contribution in [0.1, 0.15) is 6.42 Å². The second-order valence-corrected chi connectivity index (χ2v) is 7.94. The third-order valence-electron chi connectivity index (χ3n) is 4.39. The number of hydrogen-bond donors (Lipinski definition) is 2. The number of hydrogen-bond acceptors (Lipinski definition) is 5. The number of carbonyl (C=O) groups is 1. The molecule has 0 aliphatic carbocycles. The molecule has 126 valence electrons. The lowest BCUT2D eigenvalue weighted by Gasteiger charge is -2.35. The summed E-state index contributed by atoms with van der Waals surface area (Å²) in [7, 11) is -3.48. The van der Waals surface area contributed by atoms with Gasteiger partial charge in [0.1, 0.15) is 0 Å². The van der Waals surface area contributed by atoms with Gasteiger partial charge in [-0.3, -0.25) is 4.79 Å². The Balaban J connectivity index is 1.61. The fraction of sp³-hybridized carbons (Fsp3) is 0.533. The highest BCUT2D eigenvalue weighted by molar-refractivity contribution is 7.89. The Morgan fingerprint density at radius 3 is 2.35 bits per heavy atom. The minimum absolute atomic E-state index is 0.0173. The molecule has 2 aliphatic heterocycles. The standard InChI is InChI=1S/C15H22N4O3S/c16-12-10-14(17-11-12)15(20)18-6-8-19(9-7-18)23(21,22)13-4-2-1-3-5-13/h1-5,12,14,17H,6-11,16H2/t12-,14+/m1/s1. The fourth-order valence-corrected chi connectivity index (χ4v) is 4.51. The Kier molecular flexibility index (Phi) is 4.67. The highest BCUT2D eigenvalue weighted by atomic mass is 32.2. The van der Waals surface area contributed by atoms with E-state index in [1.807, 2.05) is 0 Å². The molecule has 0 saturated carbocycles. The van der Waals surface area contributed by atoms with Crippen molar-refractivity contribution in [2.24, 2.45) is 5.73 Å². The normalized spacial score (nSPS) is 26.4. The Morgan fingerprint density at radius 2 is 1.78 bits per heavy atom. The van der Waals surface area contributed by atoms with Crippen molar-refractivity contribution < 1.29 is 13.2 Å². The SMILES string of the molecule is N[C@H]1CN[C@H](C(=O)N2CCN(S(=O)(=O)c3ccccc3)CC2)C1. The molecule has 7 nitrogen and oxygen atoms in total. The van der Waals surface area contributed by atoms with E-state index in [4.69, 9.17) is 5.73 Å². The van der Waals surface area contributed by atoms with E-state index < -0.39 is 10.0 Å². The first-order valence-electron chi connectivity index (χ1n) is 7.81. The third-order valence-corrected chi connectivity index (χ3v) is 6.31. The van der Waals surface area contributed by atoms with Gasteiger partial charge < -0.3 is 16.0 Å². The second-order valence-electron chi connectivity index (χ2n) is 6.00. The Hall–Kier alpha value is -1.48. The molecule has 2 atom stereocenters. The van der Waals surface area contributed by atoms with Crippen molar-refractivity contribution in [2.75, 3.05) is 32.7 Å². The average Bonchev–Trinajstić information content (AvgIpc) is 3.01. The van der Waals surface area contributed by atoms with E-state index in [-0.39, 0.29) is 18.0 Å². The van der Waals surface area contributed by atoms with E-state index in [0.717, 1.165) is 0 Å². The molecule has 0 spiro atoms. The molecule has 1 amide bonds. The summed E-state index contributed by atoms with van der Waals surface area (Å²) in [5.41, 5.74) is 5.82. The molecule has 8 heteroatoms. The zero-order chi connectivity index (χ0) is 16.4. The van der Waals surface area contributed by atoms with Crippen LogP contribution in [0.5, 0.6) is 0 Å². The summed E-state index contributed by atoms with van der Waals surface area (Å²) in [6.07, 6.45) is 0.640. The molecule has 0 bridgehead atoms. The van der Waals surface area contributed by atoms with E-state index in [9.17, 15) is 13.2 Å². The monoisotopic (exact) mass is 338 g/mol. The van der Waals surface area contributed by atoms with Gasteiger partial charge in [-0.25, -0.2) is 8.42 Å². The quantitative estimate of drug-likeness (QED) is 0.753. The van der Waals surface area contributed by atoms with Crippen molar-refractivity contribution >= 4 is 15.9 Å². The van der Waals surface area contributed by atoms with Gasteiger partial charge in [-0.2, -0.15) is 4.31 Å². The van der Waals surface area contributed by atoms with Crippen LogP contribution in [0.3, 0.4) is 0 Å². The van der Waals surface area contributed by atoms with Crippen LogP contribution in [0.2, 0.25) is 0 Å². The average molecular weight is 338 g/mol. The molecule has 2 aliphatic rings. The molecule has 0 radical (unpaired) electrons. The lowest BCUT2D eigenvalue weighted by molar-refractivity contribution is -0.134. The maximum absolute atomic E-state index is 12.6. The summed E-state index contributed by atoms with van der Waals surface area (Å²) in [6, 6.07) is 8.18. The highest BCUT2D eigenvalue weighted by Crippen LogP contribution is 2.18. The molecular weight excluding hydrogens is 316 g/mol. The van der Waals surface area contributed by atoms with Crippen molar-refractivity contribution in [1.29, 1.82) is 0 Å². The van der Waals surface area contributed by atoms with Crippen LogP contribution in [-0.2, 0) is 14.8 Å². The van der Waals surface area contributed by atoms with Gasteiger partial charge in [-0.05, 0) is 18.6 Å². The maximum Gasteiger partial charge on any atom is 0.243 e. The molecule has 23 heavy (non-hydrogen) atoms. The minimum Gasteiger partial charge on any atom is -0.339 e. The van der Waals surface area contributed by atoms with E-state index in [0.29, 0.717) is 44.0 Å². The van der Waals surface area contributed by atoms with Gasteiger partial charge in [0.25, 0.3) is 0 Å². The minimum atomic E-state index is -3.48. The van der Waals surface area contributed by atoms with E-state index in [2.05, 4.69) is 5.32 Å². The Bertz CT molecular complexity index is 657. The van der Waals surface area contributed by atoms with Crippen molar-refractivity contribution in [1.82, 2.24) is 14.5 Å². The summed E-state index contributed by atoms with van der Waals surface area (Å²) in [5, 5.41) is 3.12. The summed E-state index contributed by atoms with van der Waals surface area (Å²) in [4.78, 5) is 14.4. The number of carbonyl (C=O) groups excluding carboxylic acids is 1. The van der Waals surface area contributed by atoms with Crippen LogP contribution in [0.25, 0.3) is 0 Å². The molecule has 2 heterocycles.